The number of pyridine rings is 1. The van der Waals surface area contributed by atoms with Crippen LogP contribution in [0.1, 0.15) is 31.0 Å². The first-order valence-corrected chi connectivity index (χ1v) is 5.27. The standard InChI is InChI=1S/C10H12BrNO/c1-10(13)6-2-3-7-4-5-8(11)12-9(7)10/h4-5,13H,2-3,6H2,1H3. The van der Waals surface area contributed by atoms with Crippen LogP contribution in [0.3, 0.4) is 0 Å². The van der Waals surface area contributed by atoms with Gasteiger partial charge in [0.25, 0.3) is 0 Å². The zero-order valence-corrected chi connectivity index (χ0v) is 9.13. The molecule has 0 radical (unpaired) electrons. The molecule has 1 aromatic rings. The molecule has 70 valence electrons. The lowest BCUT2D eigenvalue weighted by Crippen LogP contribution is -2.28. The lowest BCUT2D eigenvalue weighted by molar-refractivity contribution is 0.0338. The fourth-order valence-corrected chi connectivity index (χ4v) is 2.18. The summed E-state index contributed by atoms with van der Waals surface area (Å²) in [6.45, 7) is 1.84. The maximum Gasteiger partial charge on any atom is 0.106 e. The molecule has 1 aliphatic carbocycles. The third kappa shape index (κ3) is 1.63. The fraction of sp³-hybridized carbons (Fsp3) is 0.500. The Balaban J connectivity index is 2.55. The van der Waals surface area contributed by atoms with E-state index in [-0.39, 0.29) is 0 Å². The normalized spacial score (nSPS) is 27.0. The average Bonchev–Trinajstić information content (AvgIpc) is 2.06. The summed E-state index contributed by atoms with van der Waals surface area (Å²) in [5, 5.41) is 10.1. The maximum atomic E-state index is 10.1. The monoisotopic (exact) mass is 241 g/mol. The fourth-order valence-electron chi connectivity index (χ4n) is 1.87. The number of aliphatic hydroxyl groups is 1. The topological polar surface area (TPSA) is 33.1 Å². The average molecular weight is 242 g/mol. The summed E-state index contributed by atoms with van der Waals surface area (Å²) in [6.07, 6.45) is 2.89. The molecule has 2 rings (SSSR count). The van der Waals surface area contributed by atoms with Gasteiger partial charge in [-0.3, -0.25) is 0 Å². The van der Waals surface area contributed by atoms with Crippen LogP contribution in [0.15, 0.2) is 16.7 Å². The van der Waals surface area contributed by atoms with Gasteiger partial charge in [-0.15, -0.1) is 0 Å². The highest BCUT2D eigenvalue weighted by Gasteiger charge is 2.30. The van der Waals surface area contributed by atoms with Crippen molar-refractivity contribution in [1.82, 2.24) is 4.98 Å². The molecule has 1 atom stereocenters. The number of rotatable bonds is 0. The molecule has 1 aromatic heterocycles. The molecule has 0 fully saturated rings. The summed E-state index contributed by atoms with van der Waals surface area (Å²) in [5.74, 6) is 0. The summed E-state index contributed by atoms with van der Waals surface area (Å²) in [4.78, 5) is 4.33. The van der Waals surface area contributed by atoms with Gasteiger partial charge in [-0.1, -0.05) is 6.07 Å². The number of aromatic nitrogens is 1. The van der Waals surface area contributed by atoms with E-state index in [4.69, 9.17) is 0 Å². The molecular weight excluding hydrogens is 230 g/mol. The van der Waals surface area contributed by atoms with Crippen LogP contribution < -0.4 is 0 Å². The van der Waals surface area contributed by atoms with E-state index < -0.39 is 5.60 Å². The minimum Gasteiger partial charge on any atom is -0.384 e. The first kappa shape index (κ1) is 9.16. The zero-order valence-electron chi connectivity index (χ0n) is 7.55. The summed E-state index contributed by atoms with van der Waals surface area (Å²) in [7, 11) is 0. The molecule has 3 heteroatoms. The molecule has 0 aliphatic heterocycles. The van der Waals surface area contributed by atoms with E-state index in [1.54, 1.807) is 0 Å². The van der Waals surface area contributed by atoms with Crippen molar-refractivity contribution >= 4 is 15.9 Å². The van der Waals surface area contributed by atoms with E-state index in [2.05, 4.69) is 20.9 Å². The SMILES string of the molecule is CC1(O)CCCc2ccc(Br)nc21. The van der Waals surface area contributed by atoms with Crippen molar-refractivity contribution in [1.29, 1.82) is 0 Å². The quantitative estimate of drug-likeness (QED) is 0.708. The highest BCUT2D eigenvalue weighted by atomic mass is 79.9. The molecule has 1 N–H and O–H groups in total. The molecule has 0 saturated carbocycles. The zero-order chi connectivity index (χ0) is 9.47. The van der Waals surface area contributed by atoms with Gasteiger partial charge >= 0.3 is 0 Å². The third-order valence-corrected chi connectivity index (χ3v) is 3.01. The number of nitrogens with zero attached hydrogens (tertiary/aromatic N) is 1. The van der Waals surface area contributed by atoms with Gasteiger partial charge in [-0.25, -0.2) is 4.98 Å². The van der Waals surface area contributed by atoms with Crippen molar-refractivity contribution in [2.45, 2.75) is 31.8 Å². The number of fused-ring (bicyclic) bond motifs is 1. The third-order valence-electron chi connectivity index (χ3n) is 2.56. The second-order valence-electron chi connectivity index (χ2n) is 3.77. The van der Waals surface area contributed by atoms with Crippen molar-refractivity contribution in [3.63, 3.8) is 0 Å². The molecule has 0 aromatic carbocycles. The number of halogens is 1. The number of aryl methyl sites for hydroxylation is 1. The smallest absolute Gasteiger partial charge is 0.106 e. The van der Waals surface area contributed by atoms with Crippen molar-refractivity contribution in [2.24, 2.45) is 0 Å². The first-order chi connectivity index (χ1) is 6.09. The lowest BCUT2D eigenvalue weighted by atomic mass is 9.84. The van der Waals surface area contributed by atoms with E-state index in [0.717, 1.165) is 29.6 Å². The Labute approximate surface area is 86.1 Å². The molecule has 13 heavy (non-hydrogen) atoms. The van der Waals surface area contributed by atoms with Crippen LogP contribution in [0.2, 0.25) is 0 Å². The summed E-state index contributed by atoms with van der Waals surface area (Å²) < 4.78 is 0.799. The molecule has 0 bridgehead atoms. The number of hydrogen-bond donors (Lipinski definition) is 1. The number of hydrogen-bond acceptors (Lipinski definition) is 2. The molecule has 0 amide bonds. The molecule has 1 heterocycles. The highest BCUT2D eigenvalue weighted by Crippen LogP contribution is 2.33. The Kier molecular flexibility index (Phi) is 2.16. The second-order valence-corrected chi connectivity index (χ2v) is 4.58. The molecule has 0 spiro atoms. The van der Waals surface area contributed by atoms with Gasteiger partial charge < -0.3 is 5.11 Å². The van der Waals surface area contributed by atoms with Crippen LogP contribution in [-0.2, 0) is 12.0 Å². The van der Waals surface area contributed by atoms with Gasteiger partial charge in [0, 0.05) is 0 Å². The van der Waals surface area contributed by atoms with E-state index in [9.17, 15) is 5.11 Å². The first-order valence-electron chi connectivity index (χ1n) is 4.48. The van der Waals surface area contributed by atoms with Crippen LogP contribution >= 0.6 is 15.9 Å². The highest BCUT2D eigenvalue weighted by molar-refractivity contribution is 9.10. The minimum atomic E-state index is -0.739. The predicted octanol–water partition coefficient (Wildman–Crippen LogP) is 2.39. The van der Waals surface area contributed by atoms with Gasteiger partial charge in [0.15, 0.2) is 0 Å². The Bertz CT molecular complexity index is 336. The Morgan fingerprint density at radius 2 is 2.31 bits per heavy atom. The molecule has 1 aliphatic rings. The van der Waals surface area contributed by atoms with E-state index >= 15 is 0 Å². The minimum absolute atomic E-state index is 0.739. The predicted molar refractivity (Wildman–Crippen MR) is 54.4 cm³/mol. The van der Waals surface area contributed by atoms with Crippen LogP contribution in [0.25, 0.3) is 0 Å². The second kappa shape index (κ2) is 3.07. The molecule has 2 nitrogen and oxygen atoms in total. The molecule has 0 saturated heterocycles. The van der Waals surface area contributed by atoms with Gasteiger partial charge in [0.1, 0.15) is 10.2 Å². The largest absolute Gasteiger partial charge is 0.384 e. The van der Waals surface area contributed by atoms with E-state index in [0.29, 0.717) is 0 Å². The lowest BCUT2D eigenvalue weighted by Gasteiger charge is -2.29. The molecular formula is C10H12BrNO. The van der Waals surface area contributed by atoms with Gasteiger partial charge in [0.05, 0.1) is 5.69 Å². The van der Waals surface area contributed by atoms with Gasteiger partial charge in [-0.05, 0) is 53.7 Å². The van der Waals surface area contributed by atoms with Gasteiger partial charge in [0.2, 0.25) is 0 Å². The summed E-state index contributed by atoms with van der Waals surface area (Å²) in [5.41, 5.74) is 1.28. The van der Waals surface area contributed by atoms with Crippen LogP contribution in [0.5, 0.6) is 0 Å². The maximum absolute atomic E-state index is 10.1. The Morgan fingerprint density at radius 3 is 3.08 bits per heavy atom. The van der Waals surface area contributed by atoms with Crippen LogP contribution in [0.4, 0.5) is 0 Å². The summed E-state index contributed by atoms with van der Waals surface area (Å²) >= 11 is 3.32. The van der Waals surface area contributed by atoms with Crippen molar-refractivity contribution in [2.75, 3.05) is 0 Å². The van der Waals surface area contributed by atoms with E-state index in [1.807, 2.05) is 19.1 Å². The van der Waals surface area contributed by atoms with E-state index in [1.165, 1.54) is 5.56 Å². The van der Waals surface area contributed by atoms with Crippen LogP contribution in [-0.4, -0.2) is 10.1 Å². The van der Waals surface area contributed by atoms with Crippen molar-refractivity contribution < 1.29 is 5.11 Å². The van der Waals surface area contributed by atoms with Gasteiger partial charge in [-0.2, -0.15) is 0 Å². The molecule has 1 unspecified atom stereocenters. The van der Waals surface area contributed by atoms with Crippen molar-refractivity contribution in [3.05, 3.63) is 28.0 Å². The van der Waals surface area contributed by atoms with Crippen molar-refractivity contribution in [3.8, 4) is 0 Å². The Hall–Kier alpha value is -0.410. The van der Waals surface area contributed by atoms with Crippen LogP contribution in [0, 0.1) is 0 Å². The Morgan fingerprint density at radius 1 is 1.54 bits per heavy atom. The summed E-state index contributed by atoms with van der Waals surface area (Å²) in [6, 6.07) is 3.97.